The van der Waals surface area contributed by atoms with Crippen LogP contribution in [0.25, 0.3) is 0 Å². The van der Waals surface area contributed by atoms with Crippen molar-refractivity contribution in [1.29, 1.82) is 0 Å². The highest BCUT2D eigenvalue weighted by Gasteiger charge is 2.17. The Kier molecular flexibility index (Phi) is 5.91. The summed E-state index contributed by atoms with van der Waals surface area (Å²) in [5.41, 5.74) is 1.27. The van der Waals surface area contributed by atoms with E-state index in [1.54, 1.807) is 7.11 Å². The monoisotopic (exact) mass is 222 g/mol. The Hall–Kier alpha value is -1.05. The number of aromatic nitrogens is 1. The standard InChI is InChI=1S/C14H24NO/c1-4-5-6-7-10-13(2)14-11-8-9-12-15(14)16-3/h8-9,11-13H,4-7,10H2,1-3H3/q+1. The average molecular weight is 222 g/mol. The van der Waals surface area contributed by atoms with E-state index in [4.69, 9.17) is 4.84 Å². The maximum atomic E-state index is 5.31. The lowest BCUT2D eigenvalue weighted by molar-refractivity contribution is -0.891. The molecule has 0 saturated carbocycles. The zero-order chi connectivity index (χ0) is 11.8. The quantitative estimate of drug-likeness (QED) is 0.510. The Labute approximate surface area is 99.2 Å². The van der Waals surface area contributed by atoms with E-state index >= 15 is 0 Å². The molecule has 1 aromatic heterocycles. The van der Waals surface area contributed by atoms with E-state index in [9.17, 15) is 0 Å². The number of pyridine rings is 1. The molecule has 2 heteroatoms. The van der Waals surface area contributed by atoms with Crippen LogP contribution in [-0.4, -0.2) is 7.11 Å². The Bertz CT molecular complexity index is 299. The fourth-order valence-electron chi connectivity index (χ4n) is 2.01. The first-order chi connectivity index (χ1) is 7.79. The van der Waals surface area contributed by atoms with Gasteiger partial charge in [-0.1, -0.05) is 39.5 Å². The lowest BCUT2D eigenvalue weighted by Crippen LogP contribution is -2.44. The van der Waals surface area contributed by atoms with Crippen molar-refractivity contribution < 1.29 is 9.57 Å². The summed E-state index contributed by atoms with van der Waals surface area (Å²) in [6.45, 7) is 4.52. The highest BCUT2D eigenvalue weighted by Crippen LogP contribution is 2.18. The molecule has 1 unspecified atom stereocenters. The number of hydrogen-bond donors (Lipinski definition) is 0. The fourth-order valence-corrected chi connectivity index (χ4v) is 2.01. The van der Waals surface area contributed by atoms with Crippen LogP contribution in [0.4, 0.5) is 0 Å². The maximum absolute atomic E-state index is 5.31. The molecule has 0 radical (unpaired) electrons. The minimum atomic E-state index is 0.568. The summed E-state index contributed by atoms with van der Waals surface area (Å²) in [5.74, 6) is 0.568. The molecule has 0 N–H and O–H groups in total. The van der Waals surface area contributed by atoms with Crippen molar-refractivity contribution in [3.63, 3.8) is 0 Å². The van der Waals surface area contributed by atoms with Gasteiger partial charge in [-0.3, -0.25) is 4.84 Å². The van der Waals surface area contributed by atoms with Crippen LogP contribution in [-0.2, 0) is 0 Å². The predicted octanol–water partition coefficient (Wildman–Crippen LogP) is 3.11. The number of hydrogen-bond acceptors (Lipinski definition) is 1. The number of rotatable bonds is 7. The Balaban J connectivity index is 2.48. The second-order valence-corrected chi connectivity index (χ2v) is 4.38. The van der Waals surface area contributed by atoms with Crippen LogP contribution in [0.5, 0.6) is 0 Å². The molecule has 0 aliphatic rings. The van der Waals surface area contributed by atoms with Gasteiger partial charge in [0.1, 0.15) is 7.11 Å². The van der Waals surface area contributed by atoms with Crippen molar-refractivity contribution in [2.24, 2.45) is 0 Å². The molecule has 90 valence electrons. The summed E-state index contributed by atoms with van der Waals surface area (Å²) in [5, 5.41) is 0. The van der Waals surface area contributed by atoms with Crippen molar-refractivity contribution in [2.75, 3.05) is 7.11 Å². The lowest BCUT2D eigenvalue weighted by atomic mass is 9.99. The third-order valence-corrected chi connectivity index (χ3v) is 3.05. The lowest BCUT2D eigenvalue weighted by Gasteiger charge is -2.08. The Morgan fingerprint density at radius 1 is 1.25 bits per heavy atom. The molecule has 16 heavy (non-hydrogen) atoms. The first-order valence-corrected chi connectivity index (χ1v) is 6.34. The van der Waals surface area contributed by atoms with Gasteiger partial charge in [-0.2, -0.15) is 0 Å². The van der Waals surface area contributed by atoms with Crippen molar-refractivity contribution in [3.05, 3.63) is 30.1 Å². The third kappa shape index (κ3) is 3.84. The second-order valence-electron chi connectivity index (χ2n) is 4.38. The normalized spacial score (nSPS) is 12.4. The van der Waals surface area contributed by atoms with Gasteiger partial charge in [0.15, 0.2) is 0 Å². The topological polar surface area (TPSA) is 13.1 Å². The summed E-state index contributed by atoms with van der Waals surface area (Å²) >= 11 is 0. The first kappa shape index (κ1) is 13.0. The van der Waals surface area contributed by atoms with Gasteiger partial charge in [0.25, 0.3) is 0 Å². The van der Waals surface area contributed by atoms with Crippen LogP contribution in [0.1, 0.15) is 57.6 Å². The molecular weight excluding hydrogens is 198 g/mol. The molecule has 1 rings (SSSR count). The zero-order valence-corrected chi connectivity index (χ0v) is 10.8. The van der Waals surface area contributed by atoms with E-state index in [0.717, 1.165) is 0 Å². The van der Waals surface area contributed by atoms with E-state index in [0.29, 0.717) is 5.92 Å². The molecule has 0 spiro atoms. The van der Waals surface area contributed by atoms with Crippen molar-refractivity contribution >= 4 is 0 Å². The average Bonchev–Trinajstić information content (AvgIpc) is 2.34. The van der Waals surface area contributed by atoms with Crippen molar-refractivity contribution in [2.45, 2.75) is 51.9 Å². The van der Waals surface area contributed by atoms with Crippen LogP contribution >= 0.6 is 0 Å². The minimum Gasteiger partial charge on any atom is -0.274 e. The van der Waals surface area contributed by atoms with Gasteiger partial charge < -0.3 is 0 Å². The molecule has 0 fully saturated rings. The Morgan fingerprint density at radius 3 is 2.75 bits per heavy atom. The van der Waals surface area contributed by atoms with Gasteiger partial charge in [-0.05, 0) is 12.5 Å². The van der Waals surface area contributed by atoms with Crippen LogP contribution in [0, 0.1) is 0 Å². The van der Waals surface area contributed by atoms with Crippen LogP contribution in [0.3, 0.4) is 0 Å². The predicted molar refractivity (Wildman–Crippen MR) is 66.3 cm³/mol. The van der Waals surface area contributed by atoms with E-state index in [1.165, 1.54) is 37.8 Å². The maximum Gasteiger partial charge on any atom is 0.237 e. The fraction of sp³-hybridized carbons (Fsp3) is 0.643. The molecule has 1 aromatic rings. The summed E-state index contributed by atoms with van der Waals surface area (Å²) < 4.78 is 1.87. The minimum absolute atomic E-state index is 0.568. The van der Waals surface area contributed by atoms with E-state index < -0.39 is 0 Å². The molecule has 1 atom stereocenters. The van der Waals surface area contributed by atoms with Gasteiger partial charge in [0.2, 0.25) is 11.9 Å². The van der Waals surface area contributed by atoms with Crippen molar-refractivity contribution in [3.8, 4) is 0 Å². The molecule has 0 aromatic carbocycles. The van der Waals surface area contributed by atoms with Crippen LogP contribution < -0.4 is 9.57 Å². The summed E-state index contributed by atoms with van der Waals surface area (Å²) in [7, 11) is 1.72. The van der Waals surface area contributed by atoms with E-state index in [2.05, 4.69) is 26.0 Å². The molecule has 0 aliphatic carbocycles. The number of nitrogens with zero attached hydrogens (tertiary/aromatic N) is 1. The summed E-state index contributed by atoms with van der Waals surface area (Å²) in [4.78, 5) is 5.31. The highest BCUT2D eigenvalue weighted by molar-refractivity contribution is 5.02. The van der Waals surface area contributed by atoms with Crippen molar-refractivity contribution in [1.82, 2.24) is 0 Å². The molecule has 0 aliphatic heterocycles. The molecule has 0 amide bonds. The summed E-state index contributed by atoms with van der Waals surface area (Å²) in [6, 6.07) is 6.22. The van der Waals surface area contributed by atoms with Gasteiger partial charge in [0, 0.05) is 22.8 Å². The molecular formula is C14H24NO+. The molecule has 2 nitrogen and oxygen atoms in total. The van der Waals surface area contributed by atoms with Crippen LogP contribution in [0.15, 0.2) is 24.4 Å². The molecule has 0 bridgehead atoms. The first-order valence-electron chi connectivity index (χ1n) is 6.34. The highest BCUT2D eigenvalue weighted by atomic mass is 16.6. The molecule has 0 saturated heterocycles. The van der Waals surface area contributed by atoms with Gasteiger partial charge in [-0.25, -0.2) is 0 Å². The molecule has 1 heterocycles. The van der Waals surface area contributed by atoms with E-state index in [-0.39, 0.29) is 0 Å². The SMILES string of the molecule is CCCCCCC(C)c1cccc[n+]1OC. The van der Waals surface area contributed by atoms with Gasteiger partial charge >= 0.3 is 0 Å². The number of unbranched alkanes of at least 4 members (excludes halogenated alkanes) is 3. The van der Waals surface area contributed by atoms with Gasteiger partial charge in [0.05, 0.1) is 0 Å². The zero-order valence-electron chi connectivity index (χ0n) is 10.8. The second kappa shape index (κ2) is 7.26. The van der Waals surface area contributed by atoms with Gasteiger partial charge in [-0.15, -0.1) is 0 Å². The summed E-state index contributed by atoms with van der Waals surface area (Å²) in [6.07, 6.45) is 8.53. The largest absolute Gasteiger partial charge is 0.274 e. The Morgan fingerprint density at radius 2 is 2.06 bits per heavy atom. The third-order valence-electron chi connectivity index (χ3n) is 3.05. The van der Waals surface area contributed by atoms with E-state index in [1.807, 2.05) is 17.0 Å². The smallest absolute Gasteiger partial charge is 0.237 e. The van der Waals surface area contributed by atoms with Crippen LogP contribution in [0.2, 0.25) is 0 Å².